The summed E-state index contributed by atoms with van der Waals surface area (Å²) in [4.78, 5) is 23.4. The molecular weight excluding hydrogens is 728 g/mol. The maximum Gasteiger partial charge on any atom is 0.305 e. The van der Waals surface area contributed by atoms with Crippen LogP contribution in [0.1, 0.15) is 117 Å². The second-order valence-electron chi connectivity index (χ2n) is 13.3. The van der Waals surface area contributed by atoms with Gasteiger partial charge >= 0.3 is 11.9 Å². The first-order valence-electron chi connectivity index (χ1n) is 21.8. The summed E-state index contributed by atoms with van der Waals surface area (Å²) in [7, 11) is 0. The predicted octanol–water partition coefficient (Wildman–Crippen LogP) is 6.52. The Kier molecular flexibility index (Phi) is 48.4. The van der Waals surface area contributed by atoms with Gasteiger partial charge in [0.05, 0.1) is 132 Å². The second-order valence-corrected chi connectivity index (χ2v) is 13.3. The summed E-state index contributed by atoms with van der Waals surface area (Å²) in [6, 6.07) is 0. The van der Waals surface area contributed by atoms with Crippen LogP contribution < -0.4 is 0 Å². The number of ether oxygens (including phenoxy) is 12. The first-order valence-corrected chi connectivity index (χ1v) is 21.8. The number of hydrogen-bond donors (Lipinski definition) is 0. The van der Waals surface area contributed by atoms with E-state index < -0.39 is 0 Å². The summed E-state index contributed by atoms with van der Waals surface area (Å²) >= 11 is 0. The minimum Gasteiger partial charge on any atom is -0.463 e. The molecule has 0 aromatic heterocycles. The van der Waals surface area contributed by atoms with E-state index in [2.05, 4.69) is 13.8 Å². The molecule has 0 unspecified atom stereocenters. The van der Waals surface area contributed by atoms with E-state index in [0.717, 1.165) is 25.7 Å². The highest BCUT2D eigenvalue weighted by Crippen LogP contribution is 2.11. The summed E-state index contributed by atoms with van der Waals surface area (Å²) in [5.74, 6) is -0.289. The largest absolute Gasteiger partial charge is 0.463 e. The smallest absolute Gasteiger partial charge is 0.305 e. The molecule has 0 spiro atoms. The average molecular weight is 811 g/mol. The summed E-state index contributed by atoms with van der Waals surface area (Å²) in [5, 5.41) is 0. The van der Waals surface area contributed by atoms with Crippen molar-refractivity contribution in [1.82, 2.24) is 0 Å². The Morgan fingerprint density at radius 3 is 0.643 bits per heavy atom. The first-order chi connectivity index (χ1) is 27.7. The normalized spacial score (nSPS) is 11.4. The van der Waals surface area contributed by atoms with Crippen LogP contribution in [0.4, 0.5) is 0 Å². The van der Waals surface area contributed by atoms with Crippen LogP contribution in [-0.2, 0) is 66.4 Å². The van der Waals surface area contributed by atoms with Gasteiger partial charge in [0, 0.05) is 12.8 Å². The zero-order chi connectivity index (χ0) is 40.5. The van der Waals surface area contributed by atoms with Crippen molar-refractivity contribution in [2.75, 3.05) is 145 Å². The van der Waals surface area contributed by atoms with Crippen molar-refractivity contribution in [3.05, 3.63) is 0 Å². The molecule has 14 heteroatoms. The molecular formula is C42H82O14. The number of rotatable bonds is 49. The van der Waals surface area contributed by atoms with E-state index in [1.165, 1.54) is 64.2 Å². The molecule has 0 heterocycles. The van der Waals surface area contributed by atoms with E-state index >= 15 is 0 Å². The van der Waals surface area contributed by atoms with E-state index in [1.807, 2.05) is 0 Å². The van der Waals surface area contributed by atoms with Gasteiger partial charge < -0.3 is 56.8 Å². The molecule has 0 saturated heterocycles. The van der Waals surface area contributed by atoms with Gasteiger partial charge in [-0.25, -0.2) is 0 Å². The molecule has 0 amide bonds. The fourth-order valence-corrected chi connectivity index (χ4v) is 5.11. The number of carbonyl (C=O) groups is 2. The average Bonchev–Trinajstić information content (AvgIpc) is 3.20. The molecule has 0 aliphatic heterocycles. The lowest BCUT2D eigenvalue weighted by molar-refractivity contribution is -0.146. The zero-order valence-corrected chi connectivity index (χ0v) is 35.6. The Balaban J connectivity index is 3.13. The van der Waals surface area contributed by atoms with Gasteiger partial charge in [-0.15, -0.1) is 0 Å². The molecule has 0 radical (unpaired) electrons. The molecule has 0 saturated carbocycles. The minimum atomic E-state index is -0.149. The molecule has 0 aromatic rings. The number of carbonyl (C=O) groups excluding carboxylic acids is 2. The van der Waals surface area contributed by atoms with Gasteiger partial charge in [0.15, 0.2) is 0 Å². The number of esters is 2. The standard InChI is InChI=1S/C42H82O14/c1-3-5-7-9-10-11-12-14-16-18-42(44)56-40-38-54-36-34-52-32-30-50-28-26-48-24-22-46-20-19-45-21-23-47-25-27-49-29-31-51-33-35-53-37-39-55-41(43)17-15-13-8-6-4-2/h3-40H2,1-2H3. The lowest BCUT2D eigenvalue weighted by Crippen LogP contribution is -2.16. The molecule has 14 nitrogen and oxygen atoms in total. The van der Waals surface area contributed by atoms with Crippen molar-refractivity contribution < 1.29 is 66.4 Å². The highest BCUT2D eigenvalue weighted by molar-refractivity contribution is 5.69. The molecule has 56 heavy (non-hydrogen) atoms. The Morgan fingerprint density at radius 2 is 0.429 bits per heavy atom. The van der Waals surface area contributed by atoms with Gasteiger partial charge in [-0.3, -0.25) is 9.59 Å². The number of unbranched alkanes of at least 4 members (excludes halogenated alkanes) is 12. The van der Waals surface area contributed by atoms with Gasteiger partial charge in [-0.05, 0) is 12.8 Å². The van der Waals surface area contributed by atoms with Crippen LogP contribution in [0.3, 0.4) is 0 Å². The Bertz CT molecular complexity index is 776. The van der Waals surface area contributed by atoms with Gasteiger partial charge in [0.25, 0.3) is 0 Å². The molecule has 0 aliphatic rings. The SMILES string of the molecule is CCCCCCCCCCCC(=O)OCCOCCOCCOCCOCCOCCOCCOCCOCCOCCOCCOC(=O)CCCCCCC. The third-order valence-electron chi connectivity index (χ3n) is 8.30. The van der Waals surface area contributed by atoms with Crippen molar-refractivity contribution >= 4 is 11.9 Å². The van der Waals surface area contributed by atoms with Crippen LogP contribution >= 0.6 is 0 Å². The van der Waals surface area contributed by atoms with Crippen molar-refractivity contribution in [3.8, 4) is 0 Å². The Labute approximate surface area is 339 Å². The van der Waals surface area contributed by atoms with Crippen LogP contribution in [-0.4, -0.2) is 157 Å². The van der Waals surface area contributed by atoms with E-state index in [9.17, 15) is 9.59 Å². The molecule has 0 aliphatic carbocycles. The maximum atomic E-state index is 11.8. The van der Waals surface area contributed by atoms with E-state index in [-0.39, 0.29) is 25.2 Å². The Hall–Kier alpha value is -1.46. The van der Waals surface area contributed by atoms with Crippen molar-refractivity contribution in [1.29, 1.82) is 0 Å². The fraction of sp³-hybridized carbons (Fsp3) is 0.952. The molecule has 334 valence electrons. The quantitative estimate of drug-likeness (QED) is 0.0486. The summed E-state index contributed by atoms with van der Waals surface area (Å²) < 4.78 is 65.2. The van der Waals surface area contributed by atoms with Crippen molar-refractivity contribution in [3.63, 3.8) is 0 Å². The Morgan fingerprint density at radius 1 is 0.250 bits per heavy atom. The van der Waals surface area contributed by atoms with Crippen LogP contribution in [0.5, 0.6) is 0 Å². The molecule has 0 N–H and O–H groups in total. The van der Waals surface area contributed by atoms with E-state index in [4.69, 9.17) is 56.8 Å². The zero-order valence-electron chi connectivity index (χ0n) is 35.6. The minimum absolute atomic E-state index is 0.139. The fourth-order valence-electron chi connectivity index (χ4n) is 5.11. The second kappa shape index (κ2) is 49.7. The highest BCUT2D eigenvalue weighted by Gasteiger charge is 2.04. The van der Waals surface area contributed by atoms with Gasteiger partial charge in [0.2, 0.25) is 0 Å². The highest BCUT2D eigenvalue weighted by atomic mass is 16.6. The van der Waals surface area contributed by atoms with E-state index in [1.54, 1.807) is 0 Å². The van der Waals surface area contributed by atoms with Gasteiger partial charge in [-0.2, -0.15) is 0 Å². The summed E-state index contributed by atoms with van der Waals surface area (Å²) in [5.41, 5.74) is 0. The lowest BCUT2D eigenvalue weighted by atomic mass is 10.1. The summed E-state index contributed by atoms with van der Waals surface area (Å²) in [6.45, 7) is 14.4. The molecule has 0 bridgehead atoms. The molecule has 0 fully saturated rings. The maximum absolute atomic E-state index is 11.8. The summed E-state index contributed by atoms with van der Waals surface area (Å²) in [6.07, 6.45) is 17.6. The lowest BCUT2D eigenvalue weighted by Gasteiger charge is -2.09. The molecule has 0 atom stereocenters. The van der Waals surface area contributed by atoms with Gasteiger partial charge in [0.1, 0.15) is 13.2 Å². The monoisotopic (exact) mass is 811 g/mol. The first kappa shape index (κ1) is 54.5. The molecule has 0 aromatic carbocycles. The van der Waals surface area contributed by atoms with Gasteiger partial charge in [-0.1, -0.05) is 90.9 Å². The van der Waals surface area contributed by atoms with Crippen LogP contribution in [0.15, 0.2) is 0 Å². The third-order valence-corrected chi connectivity index (χ3v) is 8.30. The third kappa shape index (κ3) is 48.7. The van der Waals surface area contributed by atoms with Crippen molar-refractivity contribution in [2.24, 2.45) is 0 Å². The number of hydrogen-bond acceptors (Lipinski definition) is 14. The predicted molar refractivity (Wildman–Crippen MR) is 215 cm³/mol. The molecule has 0 rings (SSSR count). The van der Waals surface area contributed by atoms with Crippen molar-refractivity contribution in [2.45, 2.75) is 117 Å². The topological polar surface area (TPSA) is 145 Å². The van der Waals surface area contributed by atoms with Crippen LogP contribution in [0.25, 0.3) is 0 Å². The van der Waals surface area contributed by atoms with Crippen LogP contribution in [0, 0.1) is 0 Å². The van der Waals surface area contributed by atoms with E-state index in [0.29, 0.717) is 145 Å². The van der Waals surface area contributed by atoms with Crippen LogP contribution in [0.2, 0.25) is 0 Å².